The van der Waals surface area contributed by atoms with Crippen molar-refractivity contribution >= 4 is 11.7 Å². The van der Waals surface area contributed by atoms with Crippen molar-refractivity contribution in [1.29, 1.82) is 0 Å². The molecule has 3 N–H and O–H groups in total. The number of hydrogen-bond acceptors (Lipinski definition) is 4. The third kappa shape index (κ3) is 3.81. The zero-order chi connectivity index (χ0) is 15.2. The van der Waals surface area contributed by atoms with Crippen LogP contribution < -0.4 is 10.6 Å². The van der Waals surface area contributed by atoms with E-state index in [1.54, 1.807) is 18.5 Å². The fourth-order valence-electron chi connectivity index (χ4n) is 2.03. The number of nitrogens with one attached hydrogen (secondary N) is 3. The lowest BCUT2D eigenvalue weighted by Gasteiger charge is -2.13. The van der Waals surface area contributed by atoms with Crippen LogP contribution in [0.3, 0.4) is 0 Å². The highest BCUT2D eigenvalue weighted by Crippen LogP contribution is 2.14. The third-order valence-electron chi connectivity index (χ3n) is 3.23. The molecule has 2 rings (SSSR count). The molecule has 2 aromatic heterocycles. The van der Waals surface area contributed by atoms with E-state index in [9.17, 15) is 4.79 Å². The lowest BCUT2D eigenvalue weighted by molar-refractivity contribution is 0.0939. The first-order valence-electron chi connectivity index (χ1n) is 7.18. The second-order valence-electron chi connectivity index (χ2n) is 4.84. The Balaban J connectivity index is 2.16. The number of carbonyl (C=O) groups excluding carboxylic acids is 1. The van der Waals surface area contributed by atoms with Crippen LogP contribution in [0.2, 0.25) is 0 Å². The van der Waals surface area contributed by atoms with Crippen LogP contribution in [0, 0.1) is 0 Å². The van der Waals surface area contributed by atoms with E-state index in [-0.39, 0.29) is 11.9 Å². The first kappa shape index (κ1) is 15.0. The van der Waals surface area contributed by atoms with Gasteiger partial charge in [-0.1, -0.05) is 6.92 Å². The zero-order valence-corrected chi connectivity index (χ0v) is 12.6. The van der Waals surface area contributed by atoms with Crippen molar-refractivity contribution in [2.75, 3.05) is 11.9 Å². The zero-order valence-electron chi connectivity index (χ0n) is 12.6. The Bertz CT molecular complexity index is 594. The Morgan fingerprint density at radius 3 is 2.81 bits per heavy atom. The first-order chi connectivity index (χ1) is 10.1. The van der Waals surface area contributed by atoms with Gasteiger partial charge in [0.2, 0.25) is 0 Å². The van der Waals surface area contributed by atoms with E-state index in [1.165, 1.54) is 0 Å². The molecule has 6 heteroatoms. The number of amides is 1. The molecule has 0 saturated carbocycles. The van der Waals surface area contributed by atoms with Gasteiger partial charge in [0.1, 0.15) is 5.82 Å². The summed E-state index contributed by atoms with van der Waals surface area (Å²) in [6.07, 6.45) is 4.27. The van der Waals surface area contributed by atoms with Gasteiger partial charge in [-0.2, -0.15) is 5.10 Å². The molecule has 0 radical (unpaired) electrons. The van der Waals surface area contributed by atoms with Gasteiger partial charge in [-0.05, 0) is 32.4 Å². The Morgan fingerprint density at radius 2 is 2.19 bits per heavy atom. The fourth-order valence-corrected chi connectivity index (χ4v) is 2.03. The van der Waals surface area contributed by atoms with Gasteiger partial charge >= 0.3 is 0 Å². The molecule has 0 aromatic carbocycles. The molecule has 0 bridgehead atoms. The smallest absolute Gasteiger partial charge is 0.251 e. The van der Waals surface area contributed by atoms with Crippen molar-refractivity contribution < 1.29 is 4.79 Å². The van der Waals surface area contributed by atoms with Crippen LogP contribution in [0.1, 0.15) is 48.4 Å². The first-order valence-corrected chi connectivity index (χ1v) is 7.18. The molecule has 21 heavy (non-hydrogen) atoms. The monoisotopic (exact) mass is 287 g/mol. The Labute approximate surface area is 124 Å². The third-order valence-corrected chi connectivity index (χ3v) is 3.23. The number of nitrogens with zero attached hydrogens (tertiary/aromatic N) is 2. The van der Waals surface area contributed by atoms with Crippen LogP contribution >= 0.6 is 0 Å². The maximum absolute atomic E-state index is 12.4. The number of carbonyl (C=O) groups is 1. The summed E-state index contributed by atoms with van der Waals surface area (Å²) in [5.41, 5.74) is 2.46. The lowest BCUT2D eigenvalue weighted by Crippen LogP contribution is -2.26. The van der Waals surface area contributed by atoms with Gasteiger partial charge in [0.05, 0.1) is 12.2 Å². The van der Waals surface area contributed by atoms with Crippen molar-refractivity contribution in [3.63, 3.8) is 0 Å². The number of aromatic amines is 1. The van der Waals surface area contributed by atoms with Crippen molar-refractivity contribution in [2.24, 2.45) is 0 Å². The van der Waals surface area contributed by atoms with E-state index in [0.717, 1.165) is 30.0 Å². The van der Waals surface area contributed by atoms with Crippen LogP contribution in [0.5, 0.6) is 0 Å². The Hall–Kier alpha value is -2.37. The van der Waals surface area contributed by atoms with Gasteiger partial charge in [0, 0.05) is 29.6 Å². The lowest BCUT2D eigenvalue weighted by atomic mass is 10.1. The minimum atomic E-state index is -0.111. The van der Waals surface area contributed by atoms with Gasteiger partial charge in [0.25, 0.3) is 5.91 Å². The topological polar surface area (TPSA) is 82.7 Å². The van der Waals surface area contributed by atoms with Crippen molar-refractivity contribution in [2.45, 2.75) is 33.2 Å². The van der Waals surface area contributed by atoms with Crippen molar-refractivity contribution in [1.82, 2.24) is 20.5 Å². The normalized spacial score (nSPS) is 12.0. The fraction of sp³-hybridized carbons (Fsp3) is 0.400. The molecule has 1 amide bonds. The van der Waals surface area contributed by atoms with Gasteiger partial charge in [-0.3, -0.25) is 9.89 Å². The molecule has 0 spiro atoms. The molecule has 0 aliphatic rings. The molecule has 112 valence electrons. The van der Waals surface area contributed by atoms with E-state index in [1.807, 2.05) is 26.8 Å². The largest absolute Gasteiger partial charge is 0.370 e. The highest BCUT2D eigenvalue weighted by molar-refractivity contribution is 5.95. The molecule has 1 unspecified atom stereocenters. The summed E-state index contributed by atoms with van der Waals surface area (Å²) >= 11 is 0. The van der Waals surface area contributed by atoms with E-state index in [4.69, 9.17) is 0 Å². The van der Waals surface area contributed by atoms with Gasteiger partial charge < -0.3 is 10.6 Å². The molecule has 0 fully saturated rings. The minimum absolute atomic E-state index is 0.0999. The maximum atomic E-state index is 12.4. The van der Waals surface area contributed by atoms with Gasteiger partial charge in [-0.15, -0.1) is 0 Å². The summed E-state index contributed by atoms with van der Waals surface area (Å²) in [5.74, 6) is 0.623. The predicted octanol–water partition coefficient (Wildman–Crippen LogP) is 2.29. The molecule has 0 aliphatic carbocycles. The predicted molar refractivity (Wildman–Crippen MR) is 82.2 cm³/mol. The molecule has 6 nitrogen and oxygen atoms in total. The summed E-state index contributed by atoms with van der Waals surface area (Å²) in [7, 11) is 0. The number of rotatable bonds is 6. The number of H-pyrrole nitrogens is 1. The van der Waals surface area contributed by atoms with Crippen molar-refractivity contribution in [3.05, 3.63) is 41.3 Å². The maximum Gasteiger partial charge on any atom is 0.251 e. The molecule has 2 heterocycles. The number of aryl methyl sites for hydroxylation is 1. The number of aromatic nitrogens is 3. The second-order valence-corrected chi connectivity index (χ2v) is 4.84. The summed E-state index contributed by atoms with van der Waals surface area (Å²) in [4.78, 5) is 16.8. The number of anilines is 1. The van der Waals surface area contributed by atoms with Crippen LogP contribution in [-0.2, 0) is 6.42 Å². The van der Waals surface area contributed by atoms with E-state index >= 15 is 0 Å². The minimum Gasteiger partial charge on any atom is -0.370 e. The number of hydrogen-bond donors (Lipinski definition) is 3. The molecule has 1 atom stereocenters. The van der Waals surface area contributed by atoms with Crippen molar-refractivity contribution in [3.8, 4) is 0 Å². The Morgan fingerprint density at radius 1 is 1.38 bits per heavy atom. The Kier molecular flexibility index (Phi) is 4.92. The standard InChI is InChI=1S/C15H21N5O/c1-4-13-6-11(7-14(20-13)16-5-2)15(21)19-10(3)12-8-17-18-9-12/h6-10H,4-5H2,1-3H3,(H,16,20)(H,17,18)(H,19,21). The molecular formula is C15H21N5O. The molecule has 0 aliphatic heterocycles. The van der Waals surface area contributed by atoms with Crippen LogP contribution in [-0.4, -0.2) is 27.6 Å². The van der Waals surface area contributed by atoms with Gasteiger partial charge in [-0.25, -0.2) is 4.98 Å². The highest BCUT2D eigenvalue weighted by Gasteiger charge is 2.14. The van der Waals surface area contributed by atoms with Gasteiger partial charge in [0.15, 0.2) is 0 Å². The summed E-state index contributed by atoms with van der Waals surface area (Å²) in [6.45, 7) is 6.72. The second kappa shape index (κ2) is 6.88. The molecule has 2 aromatic rings. The summed E-state index contributed by atoms with van der Waals surface area (Å²) < 4.78 is 0. The summed E-state index contributed by atoms with van der Waals surface area (Å²) in [5, 5.41) is 12.8. The molecular weight excluding hydrogens is 266 g/mol. The average molecular weight is 287 g/mol. The van der Waals surface area contributed by atoms with Crippen LogP contribution in [0.4, 0.5) is 5.82 Å². The summed E-state index contributed by atoms with van der Waals surface area (Å²) in [6, 6.07) is 3.51. The number of pyridine rings is 1. The van der Waals surface area contributed by atoms with Crippen LogP contribution in [0.15, 0.2) is 24.5 Å². The van der Waals surface area contributed by atoms with E-state index in [2.05, 4.69) is 25.8 Å². The van der Waals surface area contributed by atoms with E-state index in [0.29, 0.717) is 5.56 Å². The SMILES string of the molecule is CCNc1cc(C(=O)NC(C)c2cn[nH]c2)cc(CC)n1. The van der Waals surface area contributed by atoms with Crippen LogP contribution in [0.25, 0.3) is 0 Å². The molecule has 0 saturated heterocycles. The average Bonchev–Trinajstić information content (AvgIpc) is 3.01. The van der Waals surface area contributed by atoms with E-state index < -0.39 is 0 Å². The quantitative estimate of drug-likeness (QED) is 0.761. The highest BCUT2D eigenvalue weighted by atomic mass is 16.1.